The van der Waals surface area contributed by atoms with Crippen molar-refractivity contribution in [1.82, 2.24) is 14.8 Å². The molecule has 0 saturated heterocycles. The number of nitrogens with zero attached hydrogens (tertiary/aromatic N) is 3. The molecule has 1 amide bonds. The van der Waals surface area contributed by atoms with Gasteiger partial charge in [0.1, 0.15) is 18.4 Å². The molecule has 0 fully saturated rings. The van der Waals surface area contributed by atoms with E-state index in [0.29, 0.717) is 65.1 Å². The maximum atomic E-state index is 14.1. The van der Waals surface area contributed by atoms with Crippen molar-refractivity contribution in [3.8, 4) is 17.2 Å². The number of thioether (sulfide) groups is 1. The zero-order valence-electron chi connectivity index (χ0n) is 27.7. The molecule has 0 bridgehead atoms. The summed E-state index contributed by atoms with van der Waals surface area (Å²) in [7, 11) is 0. The Morgan fingerprint density at radius 1 is 0.891 bits per heavy atom. The summed E-state index contributed by atoms with van der Waals surface area (Å²) >= 11 is 1.59. The summed E-state index contributed by atoms with van der Waals surface area (Å²) in [6.45, 7) is 15.6. The summed E-state index contributed by atoms with van der Waals surface area (Å²) in [4.78, 5) is 18.9. The highest BCUT2D eigenvalue weighted by atomic mass is 32.2. The van der Waals surface area contributed by atoms with Crippen LogP contribution in [0.25, 0.3) is 0 Å². The quantitative estimate of drug-likeness (QED) is 0.142. The molecule has 4 aromatic rings. The number of ether oxygens (including phenoxy) is 3. The van der Waals surface area contributed by atoms with Crippen molar-refractivity contribution >= 4 is 29.3 Å². The average Bonchev–Trinajstić information content (AvgIpc) is 3.44. The predicted molar refractivity (Wildman–Crippen MR) is 184 cm³/mol. The molecule has 0 radical (unpaired) electrons. The van der Waals surface area contributed by atoms with E-state index in [2.05, 4.69) is 50.5 Å². The molecule has 10 heteroatoms. The number of hydrogen-bond acceptors (Lipinski definition) is 8. The molecule has 2 N–H and O–H groups in total. The number of carbonyl (C=O) groups is 1. The van der Waals surface area contributed by atoms with Crippen LogP contribution in [-0.4, -0.2) is 39.6 Å². The molecule has 3 aromatic carbocycles. The predicted octanol–water partition coefficient (Wildman–Crippen LogP) is 8.01. The van der Waals surface area contributed by atoms with Crippen LogP contribution in [0, 0.1) is 20.8 Å². The Bertz CT molecular complexity index is 1750. The fraction of sp³-hybridized carbons (Fsp3) is 0.361. The third kappa shape index (κ3) is 7.17. The normalized spacial score (nSPS) is 14.0. The van der Waals surface area contributed by atoms with Crippen LogP contribution in [0.4, 0.5) is 11.6 Å². The van der Waals surface area contributed by atoms with Crippen molar-refractivity contribution in [2.75, 3.05) is 29.6 Å². The van der Waals surface area contributed by atoms with E-state index in [1.807, 2.05) is 63.2 Å². The van der Waals surface area contributed by atoms with Crippen LogP contribution in [0.1, 0.15) is 68.0 Å². The summed E-state index contributed by atoms with van der Waals surface area (Å²) in [5, 5.41) is 11.9. The van der Waals surface area contributed by atoms with Crippen molar-refractivity contribution in [3.63, 3.8) is 0 Å². The molecule has 1 aliphatic heterocycles. The number of aryl methyl sites for hydroxylation is 3. The number of hydrogen-bond donors (Lipinski definition) is 2. The Morgan fingerprint density at radius 2 is 1.63 bits per heavy atom. The summed E-state index contributed by atoms with van der Waals surface area (Å²) in [5.41, 5.74) is 7.41. The Kier molecular flexibility index (Phi) is 10.6. The summed E-state index contributed by atoms with van der Waals surface area (Å²) in [6, 6.07) is 17.1. The maximum absolute atomic E-state index is 14.1. The van der Waals surface area contributed by atoms with Crippen LogP contribution in [0.2, 0.25) is 0 Å². The Hall–Kier alpha value is -4.44. The molecule has 5 rings (SSSR count). The minimum atomic E-state index is -0.575. The van der Waals surface area contributed by atoms with Crippen LogP contribution in [0.3, 0.4) is 0 Å². The number of aromatic nitrogens is 3. The van der Waals surface area contributed by atoms with Crippen LogP contribution < -0.4 is 24.8 Å². The second-order valence-corrected chi connectivity index (χ2v) is 12.3. The zero-order valence-corrected chi connectivity index (χ0v) is 28.5. The first-order valence-electron chi connectivity index (χ1n) is 15.8. The highest BCUT2D eigenvalue weighted by Gasteiger charge is 2.35. The number of anilines is 2. The number of rotatable bonds is 13. The molecule has 0 spiro atoms. The van der Waals surface area contributed by atoms with E-state index >= 15 is 0 Å². The monoisotopic (exact) mass is 641 g/mol. The minimum absolute atomic E-state index is 0.269. The Balaban J connectivity index is 1.53. The summed E-state index contributed by atoms with van der Waals surface area (Å²) in [5.74, 6) is 3.04. The molecule has 9 nitrogen and oxygen atoms in total. The third-order valence-electron chi connectivity index (χ3n) is 7.87. The van der Waals surface area contributed by atoms with E-state index in [-0.39, 0.29) is 5.91 Å². The molecule has 0 aliphatic carbocycles. The van der Waals surface area contributed by atoms with Crippen LogP contribution in [-0.2, 0) is 11.4 Å². The van der Waals surface area contributed by atoms with Gasteiger partial charge in [-0.3, -0.25) is 4.79 Å². The van der Waals surface area contributed by atoms with Crippen LogP contribution in [0.5, 0.6) is 17.2 Å². The number of benzene rings is 3. The first kappa shape index (κ1) is 32.9. The van der Waals surface area contributed by atoms with Gasteiger partial charge in [0.2, 0.25) is 11.1 Å². The van der Waals surface area contributed by atoms with Gasteiger partial charge in [-0.25, -0.2) is 4.68 Å². The molecule has 1 aliphatic rings. The fourth-order valence-electron chi connectivity index (χ4n) is 5.44. The summed E-state index contributed by atoms with van der Waals surface area (Å²) in [6.07, 6.45) is 0.996. The average molecular weight is 642 g/mol. The van der Waals surface area contributed by atoms with E-state index in [1.165, 1.54) is 16.7 Å². The second kappa shape index (κ2) is 14.8. The van der Waals surface area contributed by atoms with Gasteiger partial charge in [-0.15, -0.1) is 5.10 Å². The van der Waals surface area contributed by atoms with Gasteiger partial charge >= 0.3 is 0 Å². The van der Waals surface area contributed by atoms with Crippen molar-refractivity contribution in [2.24, 2.45) is 0 Å². The Morgan fingerprint density at radius 3 is 2.39 bits per heavy atom. The lowest BCUT2D eigenvalue weighted by Gasteiger charge is -2.29. The first-order chi connectivity index (χ1) is 22.2. The molecule has 0 saturated carbocycles. The van der Waals surface area contributed by atoms with E-state index in [9.17, 15) is 4.79 Å². The second-order valence-electron chi connectivity index (χ2n) is 11.3. The lowest BCUT2D eigenvalue weighted by atomic mass is 9.94. The zero-order chi connectivity index (χ0) is 32.8. The lowest BCUT2D eigenvalue weighted by Crippen LogP contribution is -2.31. The molecule has 2 heterocycles. The number of carbonyl (C=O) groups excluding carboxylic acids is 1. The standard InChI is InChI=1S/C36H43N5O4S/c1-8-17-46-36-39-35-37-25(7)32(34(42)38-28-13-11-12-14-29(28)43-9-2)33(41(35)40-36)26-15-16-30(31(20-26)44-10-3)45-21-27-19-23(5)22(4)18-24(27)6/h11-16,18-20,33H,8-10,17,21H2,1-7H3,(H,38,42)(H,37,39,40). The van der Waals surface area contributed by atoms with E-state index in [0.717, 1.165) is 23.3 Å². The minimum Gasteiger partial charge on any atom is -0.492 e. The van der Waals surface area contributed by atoms with Gasteiger partial charge in [-0.05, 0) is 100 Å². The third-order valence-corrected chi connectivity index (χ3v) is 8.91. The van der Waals surface area contributed by atoms with Gasteiger partial charge in [0.15, 0.2) is 11.5 Å². The topological polar surface area (TPSA) is 99.5 Å². The SMILES string of the molecule is CCCSc1nc2n(n1)C(c1ccc(OCc3cc(C)c(C)cc3C)c(OCC)c1)C(C(=O)Nc1ccccc1OCC)=C(C)N2. The van der Waals surface area contributed by atoms with Crippen LogP contribution in [0.15, 0.2) is 71.0 Å². The van der Waals surface area contributed by atoms with Gasteiger partial charge in [0, 0.05) is 11.4 Å². The van der Waals surface area contributed by atoms with E-state index in [4.69, 9.17) is 24.3 Å². The smallest absolute Gasteiger partial charge is 0.255 e. The van der Waals surface area contributed by atoms with Crippen molar-refractivity contribution in [1.29, 1.82) is 0 Å². The van der Waals surface area contributed by atoms with Crippen molar-refractivity contribution in [3.05, 3.63) is 93.7 Å². The molecule has 242 valence electrons. The Labute approximate surface area is 275 Å². The van der Waals surface area contributed by atoms with Gasteiger partial charge in [-0.2, -0.15) is 4.98 Å². The molecule has 1 aromatic heterocycles. The van der Waals surface area contributed by atoms with Gasteiger partial charge in [-0.1, -0.05) is 49.0 Å². The lowest BCUT2D eigenvalue weighted by molar-refractivity contribution is -0.113. The highest BCUT2D eigenvalue weighted by Crippen LogP contribution is 2.40. The van der Waals surface area contributed by atoms with Crippen LogP contribution >= 0.6 is 11.8 Å². The van der Waals surface area contributed by atoms with Crippen molar-refractivity contribution in [2.45, 2.75) is 72.7 Å². The summed E-state index contributed by atoms with van der Waals surface area (Å²) < 4.78 is 20.0. The molecular weight excluding hydrogens is 598 g/mol. The number of amides is 1. The van der Waals surface area contributed by atoms with Gasteiger partial charge < -0.3 is 24.8 Å². The maximum Gasteiger partial charge on any atom is 0.255 e. The van der Waals surface area contributed by atoms with E-state index < -0.39 is 6.04 Å². The molecule has 46 heavy (non-hydrogen) atoms. The molecule has 1 unspecified atom stereocenters. The molecule has 1 atom stereocenters. The highest BCUT2D eigenvalue weighted by molar-refractivity contribution is 7.99. The van der Waals surface area contributed by atoms with Gasteiger partial charge in [0.05, 0.1) is 24.5 Å². The number of para-hydroxylation sites is 2. The first-order valence-corrected chi connectivity index (χ1v) is 16.8. The number of fused-ring (bicyclic) bond motifs is 1. The van der Waals surface area contributed by atoms with E-state index in [1.54, 1.807) is 16.4 Å². The fourth-order valence-corrected chi connectivity index (χ4v) is 6.13. The molecular formula is C36H43N5O4S. The van der Waals surface area contributed by atoms with Gasteiger partial charge in [0.25, 0.3) is 5.91 Å². The number of allylic oxidation sites excluding steroid dienone is 1. The van der Waals surface area contributed by atoms with Crippen molar-refractivity contribution < 1.29 is 19.0 Å². The largest absolute Gasteiger partial charge is 0.492 e. The number of nitrogens with one attached hydrogen (secondary N) is 2.